The minimum Gasteiger partial charge on any atom is -0.456 e. The lowest BCUT2D eigenvalue weighted by Crippen LogP contribution is -2.25. The lowest BCUT2D eigenvalue weighted by atomic mass is 9.70. The summed E-state index contributed by atoms with van der Waals surface area (Å²) in [5.74, 6) is 0.660. The summed E-state index contributed by atoms with van der Waals surface area (Å²) in [6.45, 7) is 0. The van der Waals surface area contributed by atoms with Gasteiger partial charge in [-0.3, -0.25) is 0 Å². The van der Waals surface area contributed by atoms with Crippen LogP contribution in [0.3, 0.4) is 0 Å². The van der Waals surface area contributed by atoms with Crippen LogP contribution in [0.4, 0.5) is 0 Å². The highest BCUT2D eigenvalue weighted by Gasteiger charge is 2.51. The van der Waals surface area contributed by atoms with Gasteiger partial charge in [0.1, 0.15) is 11.2 Å². The lowest BCUT2D eigenvalue weighted by molar-refractivity contribution is 0.669. The van der Waals surface area contributed by atoms with Gasteiger partial charge in [0.05, 0.1) is 16.8 Å². The first-order valence-electron chi connectivity index (χ1n) is 19.2. The van der Waals surface area contributed by atoms with E-state index in [9.17, 15) is 0 Å². The Hall–Kier alpha value is -7.36. The van der Waals surface area contributed by atoms with Crippen molar-refractivity contribution < 1.29 is 4.42 Å². The van der Waals surface area contributed by atoms with Crippen molar-refractivity contribution in [1.29, 1.82) is 0 Å². The number of rotatable bonds is 4. The molecule has 0 aliphatic heterocycles. The maximum atomic E-state index is 6.26. The Bertz CT molecular complexity index is 3150. The fourth-order valence-electron chi connectivity index (χ4n) is 9.55. The van der Waals surface area contributed by atoms with E-state index in [2.05, 4.69) is 170 Å². The topological polar surface area (TPSA) is 38.9 Å². The highest BCUT2D eigenvalue weighted by atomic mass is 16.3. The van der Waals surface area contributed by atoms with E-state index in [1.807, 2.05) is 24.3 Å². The zero-order chi connectivity index (χ0) is 36.8. The summed E-state index contributed by atoms with van der Waals surface area (Å²) in [5, 5.41) is 2.19. The third-order valence-corrected chi connectivity index (χ3v) is 11.9. The molecule has 0 saturated heterocycles. The summed E-state index contributed by atoms with van der Waals surface area (Å²) in [4.78, 5) is 10.3. The molecule has 0 radical (unpaired) electrons. The van der Waals surface area contributed by atoms with Crippen LogP contribution in [0.2, 0.25) is 0 Å². The second-order valence-corrected chi connectivity index (χ2v) is 14.8. The number of aromatic nitrogens is 2. The summed E-state index contributed by atoms with van der Waals surface area (Å²) in [6.07, 6.45) is 0. The Balaban J connectivity index is 0.998. The van der Waals surface area contributed by atoms with E-state index in [0.29, 0.717) is 5.82 Å². The molecule has 10 aromatic rings. The van der Waals surface area contributed by atoms with Gasteiger partial charge in [-0.05, 0) is 79.9 Å². The zero-order valence-corrected chi connectivity index (χ0v) is 30.3. The molecular weight excluding hydrogens is 681 g/mol. The number of furan rings is 1. The highest BCUT2D eigenvalue weighted by molar-refractivity contribution is 6.06. The third-order valence-electron chi connectivity index (χ3n) is 11.9. The largest absolute Gasteiger partial charge is 0.456 e. The normalized spacial score (nSPS) is 13.1. The van der Waals surface area contributed by atoms with Crippen LogP contribution in [-0.4, -0.2) is 9.97 Å². The Morgan fingerprint density at radius 1 is 0.339 bits per heavy atom. The first-order valence-corrected chi connectivity index (χ1v) is 19.2. The van der Waals surface area contributed by atoms with E-state index in [-0.39, 0.29) is 5.41 Å². The molecule has 0 bridgehead atoms. The predicted octanol–water partition coefficient (Wildman–Crippen LogP) is 13.4. The standard InChI is InChI=1S/C53H32N2O/c1-2-13-34(14-3-1)47-32-48(55-52(54-47)36-29-30-41-40-17-7-11-24-49(40)56-50(41)31-36)35-27-25-33(26-28-35)37-19-12-23-46-51(37)42-18-6-10-22-45(42)53(46)43-20-8-4-15-38(43)39-16-5-9-21-44(39)53/h1-32H. The van der Waals surface area contributed by atoms with Crippen LogP contribution >= 0.6 is 0 Å². The van der Waals surface area contributed by atoms with Gasteiger partial charge in [-0.2, -0.15) is 0 Å². The van der Waals surface area contributed by atoms with Crippen molar-refractivity contribution in [3.05, 3.63) is 216 Å². The Kier molecular flexibility index (Phi) is 6.55. The van der Waals surface area contributed by atoms with Crippen LogP contribution in [0.5, 0.6) is 0 Å². The molecule has 0 saturated carbocycles. The third kappa shape index (κ3) is 4.34. The number of para-hydroxylation sites is 1. The van der Waals surface area contributed by atoms with Gasteiger partial charge in [0.25, 0.3) is 0 Å². The Morgan fingerprint density at radius 3 is 1.59 bits per heavy atom. The van der Waals surface area contributed by atoms with E-state index in [1.165, 1.54) is 55.6 Å². The highest BCUT2D eigenvalue weighted by Crippen LogP contribution is 2.63. The SMILES string of the molecule is c1ccc(-c2cc(-c3ccc(-c4cccc5c4-c4ccccc4C54c5ccccc5-c5ccccc54)cc3)nc(-c3ccc4c(c3)oc3ccccc34)n2)cc1. The molecule has 0 unspecified atom stereocenters. The average molecular weight is 713 g/mol. The van der Waals surface area contributed by atoms with Crippen molar-refractivity contribution >= 4 is 21.9 Å². The van der Waals surface area contributed by atoms with Crippen molar-refractivity contribution in [2.75, 3.05) is 0 Å². The molecule has 260 valence electrons. The van der Waals surface area contributed by atoms with Gasteiger partial charge in [-0.15, -0.1) is 0 Å². The van der Waals surface area contributed by atoms with Gasteiger partial charge in [0.2, 0.25) is 0 Å². The summed E-state index contributed by atoms with van der Waals surface area (Å²) in [5.41, 5.74) is 19.1. The average Bonchev–Trinajstić information content (AvgIpc) is 3.90. The molecule has 0 amide bonds. The zero-order valence-electron chi connectivity index (χ0n) is 30.3. The van der Waals surface area contributed by atoms with Gasteiger partial charge < -0.3 is 4.42 Å². The number of hydrogen-bond acceptors (Lipinski definition) is 3. The molecule has 0 atom stereocenters. The van der Waals surface area contributed by atoms with E-state index < -0.39 is 0 Å². The van der Waals surface area contributed by atoms with Crippen molar-refractivity contribution in [2.45, 2.75) is 5.41 Å². The Morgan fingerprint density at radius 2 is 0.857 bits per heavy atom. The van der Waals surface area contributed by atoms with Crippen molar-refractivity contribution in [3.63, 3.8) is 0 Å². The minimum absolute atomic E-state index is 0.369. The van der Waals surface area contributed by atoms with Crippen LogP contribution in [0.15, 0.2) is 199 Å². The fraction of sp³-hybridized carbons (Fsp3) is 0.0189. The fourth-order valence-corrected chi connectivity index (χ4v) is 9.55. The predicted molar refractivity (Wildman–Crippen MR) is 227 cm³/mol. The second-order valence-electron chi connectivity index (χ2n) is 14.8. The van der Waals surface area contributed by atoms with Gasteiger partial charge in [0.15, 0.2) is 5.82 Å². The second kappa shape index (κ2) is 11.8. The van der Waals surface area contributed by atoms with Crippen LogP contribution < -0.4 is 0 Å². The molecule has 2 heterocycles. The smallest absolute Gasteiger partial charge is 0.160 e. The van der Waals surface area contributed by atoms with E-state index in [4.69, 9.17) is 14.4 Å². The van der Waals surface area contributed by atoms with E-state index in [1.54, 1.807) is 0 Å². The molecule has 2 aliphatic rings. The summed E-state index contributed by atoms with van der Waals surface area (Å²) < 4.78 is 6.26. The van der Waals surface area contributed by atoms with Crippen LogP contribution in [-0.2, 0) is 5.41 Å². The molecule has 2 aromatic heterocycles. The van der Waals surface area contributed by atoms with Gasteiger partial charge in [0, 0.05) is 27.5 Å². The molecule has 0 fully saturated rings. The molecule has 2 aliphatic carbocycles. The first-order chi connectivity index (χ1) is 27.8. The quantitative estimate of drug-likeness (QED) is 0.182. The van der Waals surface area contributed by atoms with Crippen molar-refractivity contribution in [1.82, 2.24) is 9.97 Å². The molecule has 3 nitrogen and oxygen atoms in total. The monoisotopic (exact) mass is 712 g/mol. The van der Waals surface area contributed by atoms with Crippen LogP contribution in [0, 0.1) is 0 Å². The van der Waals surface area contributed by atoms with Crippen molar-refractivity contribution in [2.24, 2.45) is 0 Å². The molecule has 0 N–H and O–H groups in total. The van der Waals surface area contributed by atoms with E-state index in [0.717, 1.165) is 50.0 Å². The van der Waals surface area contributed by atoms with E-state index >= 15 is 0 Å². The number of benzene rings is 8. The maximum Gasteiger partial charge on any atom is 0.160 e. The number of fused-ring (bicyclic) bond motifs is 13. The molecule has 56 heavy (non-hydrogen) atoms. The summed E-state index contributed by atoms with van der Waals surface area (Å²) in [7, 11) is 0. The summed E-state index contributed by atoms with van der Waals surface area (Å²) >= 11 is 0. The van der Waals surface area contributed by atoms with Crippen LogP contribution in [0.1, 0.15) is 22.3 Å². The van der Waals surface area contributed by atoms with Gasteiger partial charge >= 0.3 is 0 Å². The molecule has 3 heteroatoms. The van der Waals surface area contributed by atoms with Crippen molar-refractivity contribution in [3.8, 4) is 67.3 Å². The Labute approximate surface area is 324 Å². The summed E-state index contributed by atoms with van der Waals surface area (Å²) in [6, 6.07) is 69.6. The van der Waals surface area contributed by atoms with Gasteiger partial charge in [-0.25, -0.2) is 9.97 Å². The molecule has 1 spiro atoms. The molecular formula is C53H32N2O. The molecule has 12 rings (SSSR count). The minimum atomic E-state index is -0.369. The lowest BCUT2D eigenvalue weighted by Gasteiger charge is -2.30. The van der Waals surface area contributed by atoms with Crippen LogP contribution in [0.25, 0.3) is 89.2 Å². The first kappa shape index (κ1) is 31.0. The number of hydrogen-bond donors (Lipinski definition) is 0. The maximum absolute atomic E-state index is 6.26. The van der Waals surface area contributed by atoms with Gasteiger partial charge in [-0.1, -0.05) is 170 Å². The molecule has 8 aromatic carbocycles. The number of nitrogens with zero attached hydrogens (tertiary/aromatic N) is 2.